The molecule has 0 spiro atoms. The third kappa shape index (κ3) is 3.58. The Morgan fingerprint density at radius 3 is 2.71 bits per heavy atom. The minimum absolute atomic E-state index is 0.157. The molecule has 1 aliphatic heterocycles. The highest BCUT2D eigenvalue weighted by atomic mass is 19.1. The van der Waals surface area contributed by atoms with Gasteiger partial charge in [0.05, 0.1) is 5.69 Å². The molecule has 0 amide bonds. The Bertz CT molecular complexity index is 601. The van der Waals surface area contributed by atoms with Gasteiger partial charge < -0.3 is 5.32 Å². The van der Waals surface area contributed by atoms with Gasteiger partial charge in [-0.15, -0.1) is 0 Å². The molecule has 2 aromatic carbocycles. The van der Waals surface area contributed by atoms with Crippen molar-refractivity contribution in [2.75, 3.05) is 18.4 Å². The maximum atomic E-state index is 13.6. The van der Waals surface area contributed by atoms with Crippen LogP contribution in [0.3, 0.4) is 0 Å². The number of hydrogen-bond donors (Lipinski definition) is 1. The molecule has 4 heteroatoms. The molecule has 0 aliphatic carbocycles. The van der Waals surface area contributed by atoms with Crippen molar-refractivity contribution in [3.8, 4) is 0 Å². The molecule has 1 fully saturated rings. The fourth-order valence-electron chi connectivity index (χ4n) is 2.76. The number of nitrogens with zero attached hydrogens (tertiary/aromatic N) is 1. The lowest BCUT2D eigenvalue weighted by molar-refractivity contribution is 0.328. The first-order valence-electron chi connectivity index (χ1n) is 7.18. The van der Waals surface area contributed by atoms with Crippen LogP contribution in [0, 0.1) is 11.6 Å². The number of likely N-dealkylation sites (tertiary alicyclic amines) is 1. The first-order chi connectivity index (χ1) is 10.2. The van der Waals surface area contributed by atoms with Gasteiger partial charge in [-0.2, -0.15) is 0 Å². The molecular formula is C17H18F2N2. The summed E-state index contributed by atoms with van der Waals surface area (Å²) in [5, 5.41) is 3.11. The van der Waals surface area contributed by atoms with Gasteiger partial charge in [0.2, 0.25) is 0 Å². The van der Waals surface area contributed by atoms with E-state index in [1.807, 2.05) is 18.2 Å². The number of nitrogens with one attached hydrogen (secondary N) is 1. The van der Waals surface area contributed by atoms with E-state index >= 15 is 0 Å². The molecule has 2 nitrogen and oxygen atoms in total. The summed E-state index contributed by atoms with van der Waals surface area (Å²) in [5.41, 5.74) is 1.52. The molecule has 1 heterocycles. The van der Waals surface area contributed by atoms with Crippen molar-refractivity contribution in [2.24, 2.45) is 0 Å². The summed E-state index contributed by atoms with van der Waals surface area (Å²) in [6.07, 6.45) is 0.933. The Hall–Kier alpha value is -1.94. The van der Waals surface area contributed by atoms with Crippen LogP contribution in [0.25, 0.3) is 0 Å². The molecule has 3 rings (SSSR count). The second kappa shape index (κ2) is 6.22. The van der Waals surface area contributed by atoms with Crippen molar-refractivity contribution in [1.82, 2.24) is 4.90 Å². The zero-order valence-corrected chi connectivity index (χ0v) is 11.7. The molecule has 1 saturated heterocycles. The van der Waals surface area contributed by atoms with Crippen molar-refractivity contribution in [2.45, 2.75) is 19.0 Å². The summed E-state index contributed by atoms with van der Waals surface area (Å²) in [6, 6.07) is 13.9. The Balaban J connectivity index is 1.58. The van der Waals surface area contributed by atoms with Crippen molar-refractivity contribution in [1.29, 1.82) is 0 Å². The van der Waals surface area contributed by atoms with Gasteiger partial charge in [0.1, 0.15) is 11.6 Å². The van der Waals surface area contributed by atoms with E-state index in [-0.39, 0.29) is 11.7 Å². The summed E-state index contributed by atoms with van der Waals surface area (Å²) in [5.74, 6) is -0.823. The summed E-state index contributed by atoms with van der Waals surface area (Å²) in [7, 11) is 0. The number of halogens is 2. The van der Waals surface area contributed by atoms with Gasteiger partial charge >= 0.3 is 0 Å². The largest absolute Gasteiger partial charge is 0.379 e. The zero-order valence-electron chi connectivity index (χ0n) is 11.7. The smallest absolute Gasteiger partial charge is 0.146 e. The van der Waals surface area contributed by atoms with Crippen molar-refractivity contribution in [3.05, 3.63) is 65.7 Å². The molecule has 2 aromatic rings. The van der Waals surface area contributed by atoms with Crippen LogP contribution in [0.15, 0.2) is 48.5 Å². The lowest BCUT2D eigenvalue weighted by Crippen LogP contribution is -2.26. The first kappa shape index (κ1) is 14.0. The predicted octanol–water partition coefficient (Wildman–Crippen LogP) is 3.65. The summed E-state index contributed by atoms with van der Waals surface area (Å²) >= 11 is 0. The van der Waals surface area contributed by atoms with E-state index in [9.17, 15) is 8.78 Å². The standard InChI is InChI=1S/C17H18F2N2/c18-14-6-7-16(19)17(10-14)20-15-8-9-21(12-15)11-13-4-2-1-3-5-13/h1-7,10,15,20H,8-9,11-12H2. The second-order valence-corrected chi connectivity index (χ2v) is 5.47. The van der Waals surface area contributed by atoms with E-state index in [0.29, 0.717) is 0 Å². The van der Waals surface area contributed by atoms with Gasteiger partial charge in [0.15, 0.2) is 0 Å². The lowest BCUT2D eigenvalue weighted by atomic mass is 10.2. The van der Waals surface area contributed by atoms with Crippen LogP contribution in [0.2, 0.25) is 0 Å². The van der Waals surface area contributed by atoms with Crippen LogP contribution in [0.1, 0.15) is 12.0 Å². The fraction of sp³-hybridized carbons (Fsp3) is 0.294. The van der Waals surface area contributed by atoms with Crippen molar-refractivity contribution >= 4 is 5.69 Å². The highest BCUT2D eigenvalue weighted by molar-refractivity contribution is 5.46. The Kier molecular flexibility index (Phi) is 4.15. The average molecular weight is 288 g/mol. The number of anilines is 1. The molecule has 110 valence electrons. The third-order valence-electron chi connectivity index (χ3n) is 3.81. The van der Waals surface area contributed by atoms with Crippen LogP contribution < -0.4 is 5.32 Å². The topological polar surface area (TPSA) is 15.3 Å². The van der Waals surface area contributed by atoms with E-state index in [0.717, 1.165) is 38.2 Å². The van der Waals surface area contributed by atoms with Gasteiger partial charge in [-0.3, -0.25) is 4.90 Å². The van der Waals surface area contributed by atoms with Gasteiger partial charge in [-0.25, -0.2) is 8.78 Å². The SMILES string of the molecule is Fc1ccc(F)c(NC2CCN(Cc3ccccc3)C2)c1. The van der Waals surface area contributed by atoms with Gasteiger partial charge in [0, 0.05) is 25.7 Å². The number of rotatable bonds is 4. The minimum atomic E-state index is -0.418. The zero-order chi connectivity index (χ0) is 14.7. The van der Waals surface area contributed by atoms with Gasteiger partial charge in [-0.05, 0) is 30.2 Å². The molecule has 0 saturated carbocycles. The number of benzene rings is 2. The molecule has 0 aromatic heterocycles. The van der Waals surface area contributed by atoms with E-state index in [2.05, 4.69) is 22.3 Å². The van der Waals surface area contributed by atoms with Crippen LogP contribution in [-0.4, -0.2) is 24.0 Å². The van der Waals surface area contributed by atoms with E-state index in [4.69, 9.17) is 0 Å². The van der Waals surface area contributed by atoms with Crippen LogP contribution in [-0.2, 0) is 6.54 Å². The second-order valence-electron chi connectivity index (χ2n) is 5.47. The molecule has 1 atom stereocenters. The monoisotopic (exact) mass is 288 g/mol. The molecule has 0 bridgehead atoms. The Morgan fingerprint density at radius 1 is 1.10 bits per heavy atom. The lowest BCUT2D eigenvalue weighted by Gasteiger charge is -2.17. The van der Waals surface area contributed by atoms with Crippen LogP contribution >= 0.6 is 0 Å². The van der Waals surface area contributed by atoms with E-state index in [1.165, 1.54) is 11.6 Å². The quantitative estimate of drug-likeness (QED) is 0.924. The van der Waals surface area contributed by atoms with Gasteiger partial charge in [0.25, 0.3) is 0 Å². The minimum Gasteiger partial charge on any atom is -0.379 e. The average Bonchev–Trinajstić information content (AvgIpc) is 2.91. The maximum Gasteiger partial charge on any atom is 0.146 e. The molecule has 1 aliphatic rings. The van der Waals surface area contributed by atoms with E-state index in [1.54, 1.807) is 0 Å². The highest BCUT2D eigenvalue weighted by Gasteiger charge is 2.23. The number of hydrogen-bond acceptors (Lipinski definition) is 2. The molecule has 0 radical (unpaired) electrons. The molecular weight excluding hydrogens is 270 g/mol. The molecule has 21 heavy (non-hydrogen) atoms. The van der Waals surface area contributed by atoms with Crippen LogP contribution in [0.4, 0.5) is 14.5 Å². The Labute approximate surface area is 123 Å². The molecule has 1 unspecified atom stereocenters. The van der Waals surface area contributed by atoms with Gasteiger partial charge in [-0.1, -0.05) is 30.3 Å². The first-order valence-corrected chi connectivity index (χ1v) is 7.18. The van der Waals surface area contributed by atoms with Crippen LogP contribution in [0.5, 0.6) is 0 Å². The van der Waals surface area contributed by atoms with E-state index < -0.39 is 11.6 Å². The summed E-state index contributed by atoms with van der Waals surface area (Å²) in [4.78, 5) is 2.32. The predicted molar refractivity (Wildman–Crippen MR) is 80.1 cm³/mol. The van der Waals surface area contributed by atoms with Crippen molar-refractivity contribution < 1.29 is 8.78 Å². The van der Waals surface area contributed by atoms with Crippen molar-refractivity contribution in [3.63, 3.8) is 0 Å². The maximum absolute atomic E-state index is 13.6. The highest BCUT2D eigenvalue weighted by Crippen LogP contribution is 2.21. The summed E-state index contributed by atoms with van der Waals surface area (Å²) < 4.78 is 26.8. The molecule has 1 N–H and O–H groups in total. The fourth-order valence-corrected chi connectivity index (χ4v) is 2.76. The summed E-state index contributed by atoms with van der Waals surface area (Å²) in [6.45, 7) is 2.69. The Morgan fingerprint density at radius 2 is 1.90 bits per heavy atom. The third-order valence-corrected chi connectivity index (χ3v) is 3.81. The normalized spacial score (nSPS) is 18.9.